The Morgan fingerprint density at radius 2 is 2.00 bits per heavy atom. The van der Waals surface area contributed by atoms with Crippen molar-refractivity contribution in [2.45, 2.75) is 6.10 Å². The molecule has 1 amide bonds. The molecule has 2 aromatic carbocycles. The third kappa shape index (κ3) is 2.77. The highest BCUT2D eigenvalue weighted by atomic mass is 35.5. The zero-order chi connectivity index (χ0) is 16.7. The number of ether oxygens (including phenoxy) is 2. The van der Waals surface area contributed by atoms with E-state index in [0.717, 1.165) is 4.70 Å². The fourth-order valence-corrected chi connectivity index (χ4v) is 3.62. The second-order valence-electron chi connectivity index (χ2n) is 5.08. The molecular formula is C16H10Cl2N2O3S. The lowest BCUT2D eigenvalue weighted by molar-refractivity contribution is -0.125. The highest BCUT2D eigenvalue weighted by molar-refractivity contribution is 7.22. The number of thiazole rings is 1. The normalized spacial score (nSPS) is 16.2. The molecule has 0 fully saturated rings. The number of amides is 1. The predicted molar refractivity (Wildman–Crippen MR) is 94.6 cm³/mol. The van der Waals surface area contributed by atoms with Crippen LogP contribution in [0.15, 0.2) is 36.4 Å². The lowest BCUT2D eigenvalue weighted by Crippen LogP contribution is -2.40. The average Bonchev–Trinajstić information content (AvgIpc) is 3.01. The first-order valence-electron chi connectivity index (χ1n) is 7.06. The van der Waals surface area contributed by atoms with E-state index in [0.29, 0.717) is 32.2 Å². The molecular weight excluding hydrogens is 371 g/mol. The van der Waals surface area contributed by atoms with Crippen LogP contribution in [0.5, 0.6) is 11.5 Å². The Morgan fingerprint density at radius 3 is 2.83 bits per heavy atom. The molecule has 1 aromatic heterocycles. The zero-order valence-electron chi connectivity index (χ0n) is 12.1. The van der Waals surface area contributed by atoms with Gasteiger partial charge in [-0.3, -0.25) is 10.1 Å². The van der Waals surface area contributed by atoms with Crippen molar-refractivity contribution >= 4 is 55.8 Å². The molecule has 2 heterocycles. The number of benzene rings is 2. The molecule has 3 aromatic rings. The minimum atomic E-state index is -0.744. The Kier molecular flexibility index (Phi) is 3.96. The van der Waals surface area contributed by atoms with Crippen LogP contribution in [0.4, 0.5) is 5.13 Å². The molecule has 1 atom stereocenters. The summed E-state index contributed by atoms with van der Waals surface area (Å²) in [5.74, 6) is 0.844. The summed E-state index contributed by atoms with van der Waals surface area (Å²) in [4.78, 5) is 16.7. The van der Waals surface area contributed by atoms with Gasteiger partial charge in [0.05, 0.1) is 14.7 Å². The number of carbonyl (C=O) groups excluding carboxylic acids is 1. The molecule has 4 rings (SSSR count). The molecule has 0 radical (unpaired) electrons. The number of carbonyl (C=O) groups is 1. The van der Waals surface area contributed by atoms with E-state index in [-0.39, 0.29) is 12.5 Å². The highest BCUT2D eigenvalue weighted by Crippen LogP contribution is 2.36. The molecule has 0 bridgehead atoms. The first-order chi connectivity index (χ1) is 11.6. The summed E-state index contributed by atoms with van der Waals surface area (Å²) in [5, 5.41) is 3.97. The maximum atomic E-state index is 12.4. The third-order valence-corrected chi connectivity index (χ3v) is 5.21. The number of aromatic nitrogens is 1. The fourth-order valence-electron chi connectivity index (χ4n) is 2.33. The number of nitrogens with zero attached hydrogens (tertiary/aromatic N) is 1. The van der Waals surface area contributed by atoms with Gasteiger partial charge < -0.3 is 9.47 Å². The number of rotatable bonds is 2. The largest absolute Gasteiger partial charge is 0.485 e. The average molecular weight is 381 g/mol. The molecule has 122 valence electrons. The van der Waals surface area contributed by atoms with Gasteiger partial charge in [0.15, 0.2) is 16.6 Å². The van der Waals surface area contributed by atoms with Crippen molar-refractivity contribution < 1.29 is 14.3 Å². The molecule has 5 nitrogen and oxygen atoms in total. The maximum Gasteiger partial charge on any atom is 0.270 e. The molecule has 1 N–H and O–H groups in total. The Labute approximate surface area is 151 Å². The smallest absolute Gasteiger partial charge is 0.270 e. The number of anilines is 1. The Morgan fingerprint density at radius 1 is 1.21 bits per heavy atom. The van der Waals surface area contributed by atoms with Gasteiger partial charge in [0, 0.05) is 0 Å². The first-order valence-corrected chi connectivity index (χ1v) is 8.63. The molecule has 0 saturated heterocycles. The van der Waals surface area contributed by atoms with Gasteiger partial charge in [-0.15, -0.1) is 0 Å². The fraction of sp³-hybridized carbons (Fsp3) is 0.125. The standard InChI is InChI=1S/C16H10Cl2N2O3S/c17-8-5-6-12-14(13(8)18)19-16(24-12)20-15(21)11-7-22-9-3-1-2-4-10(9)23-11/h1-6,11H,7H2,(H,19,20,21)/t11-/m0/s1. The molecule has 1 aliphatic rings. The van der Waals surface area contributed by atoms with Crippen LogP contribution in [-0.2, 0) is 4.79 Å². The predicted octanol–water partition coefficient (Wildman–Crippen LogP) is 4.38. The number of para-hydroxylation sites is 2. The van der Waals surface area contributed by atoms with E-state index in [1.54, 1.807) is 18.2 Å². The van der Waals surface area contributed by atoms with Crippen molar-refractivity contribution in [1.82, 2.24) is 4.98 Å². The SMILES string of the molecule is O=C(Nc1nc2c(Cl)c(Cl)ccc2s1)[C@@H]1COc2ccccc2O1. The Hall–Kier alpha value is -2.02. The number of halogens is 2. The van der Waals surface area contributed by atoms with Crippen LogP contribution in [0.3, 0.4) is 0 Å². The second kappa shape index (κ2) is 6.12. The molecule has 8 heteroatoms. The topological polar surface area (TPSA) is 60.5 Å². The van der Waals surface area contributed by atoms with Crippen LogP contribution in [0.25, 0.3) is 10.2 Å². The molecule has 24 heavy (non-hydrogen) atoms. The van der Waals surface area contributed by atoms with Gasteiger partial charge in [-0.1, -0.05) is 46.7 Å². The summed E-state index contributed by atoms with van der Waals surface area (Å²) in [5.41, 5.74) is 0.565. The summed E-state index contributed by atoms with van der Waals surface area (Å²) >= 11 is 13.4. The minimum Gasteiger partial charge on any atom is -0.485 e. The Balaban J connectivity index is 1.54. The number of fused-ring (bicyclic) bond motifs is 2. The van der Waals surface area contributed by atoms with Crippen LogP contribution in [0, 0.1) is 0 Å². The van der Waals surface area contributed by atoms with Gasteiger partial charge in [-0.25, -0.2) is 4.98 Å². The number of nitrogens with one attached hydrogen (secondary N) is 1. The van der Waals surface area contributed by atoms with E-state index < -0.39 is 6.10 Å². The third-order valence-electron chi connectivity index (χ3n) is 3.48. The Bertz CT molecular complexity index is 944. The van der Waals surface area contributed by atoms with E-state index >= 15 is 0 Å². The van der Waals surface area contributed by atoms with Crippen molar-refractivity contribution in [2.75, 3.05) is 11.9 Å². The van der Waals surface area contributed by atoms with Crippen LogP contribution < -0.4 is 14.8 Å². The first kappa shape index (κ1) is 15.5. The molecule has 0 spiro atoms. The van der Waals surface area contributed by atoms with Crippen molar-refractivity contribution in [2.24, 2.45) is 0 Å². The van der Waals surface area contributed by atoms with Gasteiger partial charge in [-0.05, 0) is 24.3 Å². The minimum absolute atomic E-state index is 0.139. The summed E-state index contributed by atoms with van der Waals surface area (Å²) in [7, 11) is 0. The van der Waals surface area contributed by atoms with Crippen LogP contribution in [-0.4, -0.2) is 23.6 Å². The lowest BCUT2D eigenvalue weighted by atomic mass is 10.2. The second-order valence-corrected chi connectivity index (χ2v) is 6.90. The van der Waals surface area contributed by atoms with Crippen molar-refractivity contribution in [3.8, 4) is 11.5 Å². The van der Waals surface area contributed by atoms with Crippen molar-refractivity contribution in [3.63, 3.8) is 0 Å². The van der Waals surface area contributed by atoms with Gasteiger partial charge in [0.25, 0.3) is 5.91 Å². The summed E-state index contributed by atoms with van der Waals surface area (Å²) in [6.45, 7) is 0.139. The number of hydrogen-bond donors (Lipinski definition) is 1. The quantitative estimate of drug-likeness (QED) is 0.716. The van der Waals surface area contributed by atoms with Gasteiger partial charge >= 0.3 is 0 Å². The van der Waals surface area contributed by atoms with Crippen LogP contribution in [0.2, 0.25) is 10.0 Å². The van der Waals surface area contributed by atoms with E-state index in [1.165, 1.54) is 11.3 Å². The summed E-state index contributed by atoms with van der Waals surface area (Å²) in [6, 6.07) is 10.7. The molecule has 1 aliphatic heterocycles. The van der Waals surface area contributed by atoms with E-state index in [1.807, 2.05) is 18.2 Å². The molecule has 0 saturated carbocycles. The van der Waals surface area contributed by atoms with E-state index in [4.69, 9.17) is 32.7 Å². The molecule has 0 aliphatic carbocycles. The van der Waals surface area contributed by atoms with Crippen LogP contribution >= 0.6 is 34.5 Å². The summed E-state index contributed by atoms with van der Waals surface area (Å²) in [6.07, 6.45) is -0.744. The van der Waals surface area contributed by atoms with E-state index in [9.17, 15) is 4.79 Å². The van der Waals surface area contributed by atoms with Gasteiger partial charge in [0.1, 0.15) is 12.1 Å². The van der Waals surface area contributed by atoms with Crippen LogP contribution in [0.1, 0.15) is 0 Å². The summed E-state index contributed by atoms with van der Waals surface area (Å²) < 4.78 is 12.1. The lowest BCUT2D eigenvalue weighted by Gasteiger charge is -2.25. The highest BCUT2D eigenvalue weighted by Gasteiger charge is 2.28. The zero-order valence-corrected chi connectivity index (χ0v) is 14.4. The monoisotopic (exact) mass is 380 g/mol. The van der Waals surface area contributed by atoms with Gasteiger partial charge in [-0.2, -0.15) is 0 Å². The van der Waals surface area contributed by atoms with E-state index in [2.05, 4.69) is 10.3 Å². The van der Waals surface area contributed by atoms with Crippen molar-refractivity contribution in [3.05, 3.63) is 46.4 Å². The maximum absolute atomic E-state index is 12.4. The van der Waals surface area contributed by atoms with Crippen molar-refractivity contribution in [1.29, 1.82) is 0 Å². The van der Waals surface area contributed by atoms with Gasteiger partial charge in [0.2, 0.25) is 6.10 Å². The number of hydrogen-bond acceptors (Lipinski definition) is 5. The molecule has 0 unspecified atom stereocenters.